The standard InChI is InChI=1S/C18H21BrN2O2/c1-13(2)14-7-9-15(10-8-14)21-18(22)20-11-12-23-17-6-4-3-5-16(17)19/h3-10,13H,11-12H2,1-2H3,(H2,20,21,22). The molecule has 0 fully saturated rings. The van der Waals surface area contributed by atoms with Crippen LogP contribution >= 0.6 is 15.9 Å². The molecule has 5 heteroatoms. The Kier molecular flexibility index (Phi) is 6.47. The normalized spacial score (nSPS) is 10.4. The largest absolute Gasteiger partial charge is 0.491 e. The van der Waals surface area contributed by atoms with E-state index in [1.807, 2.05) is 48.5 Å². The molecule has 0 atom stereocenters. The molecule has 0 aliphatic heterocycles. The number of hydrogen-bond donors (Lipinski definition) is 2. The minimum Gasteiger partial charge on any atom is -0.491 e. The number of hydrogen-bond acceptors (Lipinski definition) is 2. The lowest BCUT2D eigenvalue weighted by Gasteiger charge is -2.11. The smallest absolute Gasteiger partial charge is 0.319 e. The Morgan fingerprint density at radius 2 is 1.83 bits per heavy atom. The molecule has 23 heavy (non-hydrogen) atoms. The maximum atomic E-state index is 11.8. The summed E-state index contributed by atoms with van der Waals surface area (Å²) in [4.78, 5) is 11.8. The number of rotatable bonds is 6. The summed E-state index contributed by atoms with van der Waals surface area (Å²) in [6.45, 7) is 5.11. The first kappa shape index (κ1) is 17.3. The Balaban J connectivity index is 1.72. The molecule has 2 rings (SSSR count). The van der Waals surface area contributed by atoms with Gasteiger partial charge in [-0.2, -0.15) is 0 Å². The first-order valence-electron chi connectivity index (χ1n) is 7.58. The van der Waals surface area contributed by atoms with Crippen LogP contribution in [-0.2, 0) is 0 Å². The second-order valence-electron chi connectivity index (χ2n) is 5.44. The van der Waals surface area contributed by atoms with Crippen molar-refractivity contribution in [3.63, 3.8) is 0 Å². The zero-order valence-electron chi connectivity index (χ0n) is 13.3. The third-order valence-corrected chi connectivity index (χ3v) is 3.97. The summed E-state index contributed by atoms with van der Waals surface area (Å²) < 4.78 is 6.49. The van der Waals surface area contributed by atoms with Crippen molar-refractivity contribution >= 4 is 27.6 Å². The molecule has 4 nitrogen and oxygen atoms in total. The van der Waals surface area contributed by atoms with Crippen molar-refractivity contribution in [1.29, 1.82) is 0 Å². The fourth-order valence-corrected chi connectivity index (χ4v) is 2.41. The molecule has 2 aromatic carbocycles. The average Bonchev–Trinajstić information content (AvgIpc) is 2.53. The van der Waals surface area contributed by atoms with Crippen LogP contribution < -0.4 is 15.4 Å². The molecule has 0 spiro atoms. The van der Waals surface area contributed by atoms with Crippen LogP contribution in [0.25, 0.3) is 0 Å². The number of amides is 2. The molecule has 0 heterocycles. The van der Waals surface area contributed by atoms with Crippen molar-refractivity contribution in [2.45, 2.75) is 19.8 Å². The van der Waals surface area contributed by atoms with Gasteiger partial charge in [0.15, 0.2) is 0 Å². The van der Waals surface area contributed by atoms with Gasteiger partial charge < -0.3 is 15.4 Å². The third-order valence-electron chi connectivity index (χ3n) is 3.32. The predicted octanol–water partition coefficient (Wildman–Crippen LogP) is 4.77. The topological polar surface area (TPSA) is 50.4 Å². The lowest BCUT2D eigenvalue weighted by atomic mass is 10.0. The van der Waals surface area contributed by atoms with Crippen LogP contribution in [0.3, 0.4) is 0 Å². The van der Waals surface area contributed by atoms with Crippen LogP contribution in [0.2, 0.25) is 0 Å². The fourth-order valence-electron chi connectivity index (χ4n) is 2.01. The van der Waals surface area contributed by atoms with Crippen molar-refractivity contribution in [3.8, 4) is 5.75 Å². The summed E-state index contributed by atoms with van der Waals surface area (Å²) in [7, 11) is 0. The molecule has 2 amide bonds. The SMILES string of the molecule is CC(C)c1ccc(NC(=O)NCCOc2ccccc2Br)cc1. The summed E-state index contributed by atoms with van der Waals surface area (Å²) in [6, 6.07) is 15.2. The number of carbonyl (C=O) groups excluding carboxylic acids is 1. The molecule has 0 bridgehead atoms. The van der Waals surface area contributed by atoms with Crippen LogP contribution in [0, 0.1) is 0 Å². The highest BCUT2D eigenvalue weighted by Gasteiger charge is 2.03. The number of urea groups is 1. The summed E-state index contributed by atoms with van der Waals surface area (Å²) in [5.74, 6) is 1.24. The van der Waals surface area contributed by atoms with Crippen LogP contribution in [-0.4, -0.2) is 19.2 Å². The zero-order valence-corrected chi connectivity index (χ0v) is 14.9. The van der Waals surface area contributed by atoms with Gasteiger partial charge in [-0.3, -0.25) is 0 Å². The van der Waals surface area contributed by atoms with Crippen molar-refractivity contribution < 1.29 is 9.53 Å². The molecular weight excluding hydrogens is 356 g/mol. The number of halogens is 1. The lowest BCUT2D eigenvalue weighted by molar-refractivity contribution is 0.247. The van der Waals surface area contributed by atoms with Crippen LogP contribution in [0.4, 0.5) is 10.5 Å². The maximum Gasteiger partial charge on any atom is 0.319 e. The Morgan fingerprint density at radius 3 is 2.48 bits per heavy atom. The number of carbonyl (C=O) groups is 1. The monoisotopic (exact) mass is 376 g/mol. The molecule has 0 saturated carbocycles. The highest BCUT2D eigenvalue weighted by atomic mass is 79.9. The van der Waals surface area contributed by atoms with E-state index >= 15 is 0 Å². The van der Waals surface area contributed by atoms with Crippen molar-refractivity contribution in [1.82, 2.24) is 5.32 Å². The van der Waals surface area contributed by atoms with Gasteiger partial charge in [-0.25, -0.2) is 4.79 Å². The predicted molar refractivity (Wildman–Crippen MR) is 97.2 cm³/mol. The van der Waals surface area contributed by atoms with E-state index < -0.39 is 0 Å². The van der Waals surface area contributed by atoms with Gasteiger partial charge in [0.1, 0.15) is 12.4 Å². The molecule has 2 aromatic rings. The van der Waals surface area contributed by atoms with Gasteiger partial charge in [-0.15, -0.1) is 0 Å². The third kappa shape index (κ3) is 5.60. The molecule has 0 unspecified atom stereocenters. The van der Waals surface area contributed by atoms with Gasteiger partial charge in [0.05, 0.1) is 11.0 Å². The first-order valence-corrected chi connectivity index (χ1v) is 8.37. The number of anilines is 1. The summed E-state index contributed by atoms with van der Waals surface area (Å²) in [6.07, 6.45) is 0. The Hall–Kier alpha value is -2.01. The van der Waals surface area contributed by atoms with Crippen molar-refractivity contribution in [3.05, 3.63) is 58.6 Å². The highest BCUT2D eigenvalue weighted by Crippen LogP contribution is 2.23. The minimum absolute atomic E-state index is 0.238. The fraction of sp³-hybridized carbons (Fsp3) is 0.278. The minimum atomic E-state index is -0.238. The number of ether oxygens (including phenoxy) is 1. The molecule has 0 aliphatic carbocycles. The lowest BCUT2D eigenvalue weighted by Crippen LogP contribution is -2.32. The van der Waals surface area contributed by atoms with E-state index in [9.17, 15) is 4.79 Å². The van der Waals surface area contributed by atoms with E-state index in [-0.39, 0.29) is 6.03 Å². The quantitative estimate of drug-likeness (QED) is 0.713. The highest BCUT2D eigenvalue weighted by molar-refractivity contribution is 9.10. The number of nitrogens with one attached hydrogen (secondary N) is 2. The summed E-state index contributed by atoms with van der Waals surface area (Å²) >= 11 is 3.41. The molecule has 0 saturated heterocycles. The molecule has 122 valence electrons. The molecule has 0 aromatic heterocycles. The average molecular weight is 377 g/mol. The molecule has 2 N–H and O–H groups in total. The van der Waals surface area contributed by atoms with Gasteiger partial charge in [-0.05, 0) is 51.7 Å². The summed E-state index contributed by atoms with van der Waals surface area (Å²) in [5.41, 5.74) is 2.02. The van der Waals surface area contributed by atoms with E-state index in [1.165, 1.54) is 5.56 Å². The zero-order chi connectivity index (χ0) is 16.7. The Morgan fingerprint density at radius 1 is 1.13 bits per heavy atom. The van der Waals surface area contributed by atoms with Gasteiger partial charge in [0, 0.05) is 5.69 Å². The van der Waals surface area contributed by atoms with Crippen LogP contribution in [0.15, 0.2) is 53.0 Å². The second-order valence-corrected chi connectivity index (χ2v) is 6.29. The van der Waals surface area contributed by atoms with Crippen molar-refractivity contribution in [2.24, 2.45) is 0 Å². The Bertz CT molecular complexity index is 642. The van der Waals surface area contributed by atoms with Gasteiger partial charge in [0.2, 0.25) is 0 Å². The van der Waals surface area contributed by atoms with Crippen LogP contribution in [0.1, 0.15) is 25.3 Å². The number of para-hydroxylation sites is 1. The Labute approximate surface area is 145 Å². The second kappa shape index (κ2) is 8.58. The first-order chi connectivity index (χ1) is 11.1. The molecular formula is C18H21BrN2O2. The van der Waals surface area contributed by atoms with E-state index in [4.69, 9.17) is 4.74 Å². The van der Waals surface area contributed by atoms with Gasteiger partial charge in [0.25, 0.3) is 0 Å². The maximum absolute atomic E-state index is 11.8. The van der Waals surface area contributed by atoms with E-state index in [1.54, 1.807) is 0 Å². The van der Waals surface area contributed by atoms with Crippen molar-refractivity contribution in [2.75, 3.05) is 18.5 Å². The van der Waals surface area contributed by atoms with E-state index in [0.717, 1.165) is 15.9 Å². The van der Waals surface area contributed by atoms with Crippen LogP contribution in [0.5, 0.6) is 5.75 Å². The van der Waals surface area contributed by atoms with E-state index in [0.29, 0.717) is 19.1 Å². The van der Waals surface area contributed by atoms with E-state index in [2.05, 4.69) is 40.4 Å². The van der Waals surface area contributed by atoms with Gasteiger partial charge in [-0.1, -0.05) is 38.1 Å². The molecule has 0 aliphatic rings. The summed E-state index contributed by atoms with van der Waals surface area (Å²) in [5, 5.41) is 5.57. The number of benzene rings is 2. The van der Waals surface area contributed by atoms with Gasteiger partial charge >= 0.3 is 6.03 Å². The molecule has 0 radical (unpaired) electrons.